The quantitative estimate of drug-likeness (QED) is 0.199. The maximum absolute atomic E-state index is 13.7. The molecule has 2 aromatic rings. The lowest BCUT2D eigenvalue weighted by molar-refractivity contribution is -0.127. The van der Waals surface area contributed by atoms with Crippen molar-refractivity contribution >= 4 is 85.8 Å². The number of halogens is 5. The summed E-state index contributed by atoms with van der Waals surface area (Å²) in [5.41, 5.74) is 0.00776. The number of carbonyl (C=O) groups is 3. The molecule has 0 aliphatic carbocycles. The molecule has 1 heterocycles. The van der Waals surface area contributed by atoms with E-state index in [1.807, 2.05) is 5.32 Å². The lowest BCUT2D eigenvalue weighted by Gasteiger charge is -2.13. The second kappa shape index (κ2) is 10.8. The Morgan fingerprint density at radius 1 is 1.18 bits per heavy atom. The first kappa shape index (κ1) is 25.4. The molecule has 12 heteroatoms. The molecule has 3 rings (SSSR count). The first-order valence-corrected chi connectivity index (χ1v) is 11.8. The summed E-state index contributed by atoms with van der Waals surface area (Å²) in [6.45, 7) is -0.630. The van der Waals surface area contributed by atoms with Crippen LogP contribution in [0.3, 0.4) is 0 Å². The van der Waals surface area contributed by atoms with Gasteiger partial charge in [-0.1, -0.05) is 5.92 Å². The third-order valence-corrected chi connectivity index (χ3v) is 6.61. The molecule has 0 aromatic heterocycles. The average Bonchev–Trinajstić information content (AvgIpc) is 3.01. The van der Waals surface area contributed by atoms with Crippen molar-refractivity contribution in [2.45, 2.75) is 0 Å². The summed E-state index contributed by atoms with van der Waals surface area (Å²) in [6, 6.07) is 4.95. The molecular formula is C21H11F3I2N2O4S. The first-order chi connectivity index (χ1) is 15.6. The number of carbonyl (C=O) groups excluding carboxylic acids is 3. The van der Waals surface area contributed by atoms with Gasteiger partial charge in [-0.05, 0) is 92.8 Å². The number of hydrogen-bond donors (Lipinski definition) is 1. The Balaban J connectivity index is 1.74. The van der Waals surface area contributed by atoms with Crippen molar-refractivity contribution in [3.8, 4) is 18.1 Å². The van der Waals surface area contributed by atoms with Gasteiger partial charge >= 0.3 is 0 Å². The van der Waals surface area contributed by atoms with E-state index in [9.17, 15) is 27.6 Å². The van der Waals surface area contributed by atoms with E-state index in [4.69, 9.17) is 11.2 Å². The summed E-state index contributed by atoms with van der Waals surface area (Å²) >= 11 is 4.74. The van der Waals surface area contributed by atoms with E-state index in [1.165, 1.54) is 6.08 Å². The first-order valence-electron chi connectivity index (χ1n) is 8.86. The Morgan fingerprint density at radius 2 is 1.85 bits per heavy atom. The van der Waals surface area contributed by atoms with Gasteiger partial charge in [-0.15, -0.1) is 6.42 Å². The maximum Gasteiger partial charge on any atom is 0.294 e. The van der Waals surface area contributed by atoms with Gasteiger partial charge in [-0.2, -0.15) is 0 Å². The molecule has 1 aliphatic rings. The number of ether oxygens (including phenoxy) is 1. The van der Waals surface area contributed by atoms with Gasteiger partial charge in [0, 0.05) is 0 Å². The van der Waals surface area contributed by atoms with Gasteiger partial charge in [0.25, 0.3) is 11.1 Å². The summed E-state index contributed by atoms with van der Waals surface area (Å²) in [7, 11) is 0. The predicted octanol–water partition coefficient (Wildman–Crippen LogP) is 5.00. The van der Waals surface area contributed by atoms with Crippen LogP contribution in [0.1, 0.15) is 5.56 Å². The number of thioether (sulfide) groups is 1. The van der Waals surface area contributed by atoms with Gasteiger partial charge in [0.05, 0.1) is 17.7 Å². The summed E-state index contributed by atoms with van der Waals surface area (Å²) in [6.07, 6.45) is 6.70. The number of amides is 3. The molecule has 0 atom stereocenters. The van der Waals surface area contributed by atoms with E-state index in [0.717, 1.165) is 13.2 Å². The van der Waals surface area contributed by atoms with Gasteiger partial charge in [0.1, 0.15) is 18.9 Å². The standard InChI is InChI=1S/C21H11F3I2N2O4S/c1-2-5-32-19-12(25)6-10(7-13(19)26)8-15-20(30)28(21(31)33-15)9-16(29)27-14-4-3-11(22)17(23)18(14)24/h1,3-4,6-8H,5,9H2,(H,27,29)/b15-8-. The highest BCUT2D eigenvalue weighted by Gasteiger charge is 2.36. The fourth-order valence-corrected chi connectivity index (χ4v) is 5.62. The second-order valence-electron chi connectivity index (χ2n) is 6.35. The second-order valence-corrected chi connectivity index (χ2v) is 9.66. The van der Waals surface area contributed by atoms with Crippen molar-refractivity contribution in [1.29, 1.82) is 0 Å². The molecular weight excluding hydrogens is 687 g/mol. The zero-order valence-electron chi connectivity index (χ0n) is 16.3. The van der Waals surface area contributed by atoms with Crippen molar-refractivity contribution in [2.24, 2.45) is 0 Å². The third kappa shape index (κ3) is 5.82. The molecule has 3 amide bonds. The molecule has 1 aliphatic heterocycles. The lowest BCUT2D eigenvalue weighted by Crippen LogP contribution is -2.36. The summed E-state index contributed by atoms with van der Waals surface area (Å²) in [4.78, 5) is 37.9. The summed E-state index contributed by atoms with van der Waals surface area (Å²) < 4.78 is 47.1. The third-order valence-electron chi connectivity index (χ3n) is 4.10. The van der Waals surface area contributed by atoms with Crippen LogP contribution in [0.5, 0.6) is 5.75 Å². The van der Waals surface area contributed by atoms with Gasteiger partial charge in [0.15, 0.2) is 17.5 Å². The summed E-state index contributed by atoms with van der Waals surface area (Å²) in [5, 5.41) is 1.32. The molecule has 170 valence electrons. The van der Waals surface area contributed by atoms with E-state index in [2.05, 4.69) is 51.1 Å². The minimum Gasteiger partial charge on any atom is -0.479 e. The van der Waals surface area contributed by atoms with Crippen LogP contribution in [-0.2, 0) is 9.59 Å². The highest BCUT2D eigenvalue weighted by atomic mass is 127. The number of terminal acetylenes is 1. The van der Waals surface area contributed by atoms with Crippen LogP contribution in [0.15, 0.2) is 29.2 Å². The minimum absolute atomic E-state index is 0.0794. The molecule has 0 saturated carbocycles. The SMILES string of the molecule is C#CCOc1c(I)cc(/C=C2\SC(=O)N(CC(=O)Nc3ccc(F)c(F)c3F)C2=O)cc1I. The van der Waals surface area contributed by atoms with Crippen LogP contribution in [0.25, 0.3) is 6.08 Å². The van der Waals surface area contributed by atoms with E-state index in [1.54, 1.807) is 12.1 Å². The fraction of sp³-hybridized carbons (Fsp3) is 0.0952. The number of anilines is 1. The number of hydrogen-bond acceptors (Lipinski definition) is 5. The van der Waals surface area contributed by atoms with E-state index in [0.29, 0.717) is 34.0 Å². The molecule has 33 heavy (non-hydrogen) atoms. The average molecular weight is 698 g/mol. The Bertz CT molecular complexity index is 1220. The van der Waals surface area contributed by atoms with Crippen LogP contribution < -0.4 is 10.1 Å². The van der Waals surface area contributed by atoms with Gasteiger partial charge < -0.3 is 10.1 Å². The smallest absolute Gasteiger partial charge is 0.294 e. The van der Waals surface area contributed by atoms with Crippen LogP contribution in [0.4, 0.5) is 23.7 Å². The molecule has 0 bridgehead atoms. The largest absolute Gasteiger partial charge is 0.479 e. The molecule has 1 saturated heterocycles. The normalized spacial score (nSPS) is 14.5. The molecule has 1 N–H and O–H groups in total. The van der Waals surface area contributed by atoms with E-state index >= 15 is 0 Å². The van der Waals surface area contributed by atoms with E-state index < -0.39 is 46.7 Å². The lowest BCUT2D eigenvalue weighted by atomic mass is 10.2. The highest BCUT2D eigenvalue weighted by molar-refractivity contribution is 14.1. The van der Waals surface area contributed by atoms with Gasteiger partial charge in [0.2, 0.25) is 5.91 Å². The van der Waals surface area contributed by atoms with Crippen molar-refractivity contribution in [3.05, 3.63) is 59.3 Å². The molecule has 1 fully saturated rings. The monoisotopic (exact) mass is 698 g/mol. The Hall–Kier alpha value is -2.25. The molecule has 0 radical (unpaired) electrons. The number of imide groups is 1. The van der Waals surface area contributed by atoms with Crippen molar-refractivity contribution in [1.82, 2.24) is 4.90 Å². The maximum atomic E-state index is 13.7. The molecule has 0 spiro atoms. The van der Waals surface area contributed by atoms with Crippen molar-refractivity contribution in [2.75, 3.05) is 18.5 Å². The molecule has 2 aromatic carbocycles. The van der Waals surface area contributed by atoms with Crippen molar-refractivity contribution in [3.63, 3.8) is 0 Å². The van der Waals surface area contributed by atoms with Crippen LogP contribution in [0, 0.1) is 36.9 Å². The fourth-order valence-electron chi connectivity index (χ4n) is 2.66. The number of rotatable bonds is 6. The number of nitrogens with zero attached hydrogens (tertiary/aromatic N) is 1. The highest BCUT2D eigenvalue weighted by Crippen LogP contribution is 2.34. The molecule has 6 nitrogen and oxygen atoms in total. The van der Waals surface area contributed by atoms with Crippen LogP contribution in [-0.4, -0.2) is 35.1 Å². The number of benzene rings is 2. The Labute approximate surface area is 217 Å². The Morgan fingerprint density at radius 3 is 2.48 bits per heavy atom. The van der Waals surface area contributed by atoms with E-state index in [-0.39, 0.29) is 11.5 Å². The van der Waals surface area contributed by atoms with Crippen LogP contribution >= 0.6 is 56.9 Å². The summed E-state index contributed by atoms with van der Waals surface area (Å²) in [5.74, 6) is -3.45. The number of nitrogens with one attached hydrogen (secondary N) is 1. The van der Waals surface area contributed by atoms with Crippen molar-refractivity contribution < 1.29 is 32.3 Å². The predicted molar refractivity (Wildman–Crippen MR) is 134 cm³/mol. The minimum atomic E-state index is -1.75. The zero-order chi connectivity index (χ0) is 24.3. The Kier molecular flexibility index (Phi) is 8.29. The zero-order valence-corrected chi connectivity index (χ0v) is 21.4. The van der Waals surface area contributed by atoms with Crippen LogP contribution in [0.2, 0.25) is 0 Å². The van der Waals surface area contributed by atoms with Gasteiger partial charge in [-0.25, -0.2) is 13.2 Å². The van der Waals surface area contributed by atoms with Gasteiger partial charge in [-0.3, -0.25) is 19.3 Å². The molecule has 0 unspecified atom stereocenters. The topological polar surface area (TPSA) is 75.7 Å².